The molecule has 1 saturated heterocycles. The minimum atomic E-state index is -3.70. The van der Waals surface area contributed by atoms with Gasteiger partial charge in [-0.1, -0.05) is 17.5 Å². The summed E-state index contributed by atoms with van der Waals surface area (Å²) in [6.07, 6.45) is 6.16. The summed E-state index contributed by atoms with van der Waals surface area (Å²) < 4.78 is 26.7. The van der Waals surface area contributed by atoms with Gasteiger partial charge in [0.15, 0.2) is 0 Å². The maximum absolute atomic E-state index is 12.7. The van der Waals surface area contributed by atoms with Crippen molar-refractivity contribution in [3.8, 4) is 12.3 Å². The number of terminal acetylenes is 1. The van der Waals surface area contributed by atoms with E-state index in [-0.39, 0.29) is 30.4 Å². The van der Waals surface area contributed by atoms with Crippen LogP contribution in [0.3, 0.4) is 0 Å². The number of carbonyl (C=O) groups excluding carboxylic acids is 2. The number of halogens is 1. The van der Waals surface area contributed by atoms with Gasteiger partial charge in [-0.25, -0.2) is 8.42 Å². The van der Waals surface area contributed by atoms with E-state index in [1.165, 1.54) is 28.6 Å². The zero-order valence-corrected chi connectivity index (χ0v) is 15.6. The van der Waals surface area contributed by atoms with Crippen LogP contribution in [0.4, 0.5) is 0 Å². The summed E-state index contributed by atoms with van der Waals surface area (Å²) in [7, 11) is -3.70. The first-order valence-corrected chi connectivity index (χ1v) is 9.90. The molecule has 9 heteroatoms. The summed E-state index contributed by atoms with van der Waals surface area (Å²) >= 11 is 5.80. The van der Waals surface area contributed by atoms with Gasteiger partial charge in [0.2, 0.25) is 21.8 Å². The van der Waals surface area contributed by atoms with Gasteiger partial charge < -0.3 is 10.6 Å². The molecule has 0 aromatic heterocycles. The van der Waals surface area contributed by atoms with Crippen molar-refractivity contribution in [1.82, 2.24) is 14.9 Å². The van der Waals surface area contributed by atoms with E-state index in [2.05, 4.69) is 16.6 Å². The van der Waals surface area contributed by atoms with Crippen molar-refractivity contribution in [3.63, 3.8) is 0 Å². The lowest BCUT2D eigenvalue weighted by molar-refractivity contribution is -0.129. The number of nitrogens with one attached hydrogen (secondary N) is 2. The van der Waals surface area contributed by atoms with Crippen molar-refractivity contribution in [2.75, 3.05) is 26.2 Å². The van der Waals surface area contributed by atoms with Gasteiger partial charge in [0.1, 0.15) is 0 Å². The van der Waals surface area contributed by atoms with Crippen molar-refractivity contribution >= 4 is 33.4 Å². The minimum Gasteiger partial charge on any atom is -0.347 e. The minimum absolute atomic E-state index is 0.0722. The Balaban J connectivity index is 1.97. The van der Waals surface area contributed by atoms with E-state index >= 15 is 0 Å². The molecule has 140 valence electrons. The predicted octanol–water partition coefficient (Wildman–Crippen LogP) is 0.606. The quantitative estimate of drug-likeness (QED) is 0.687. The van der Waals surface area contributed by atoms with Crippen molar-refractivity contribution in [1.29, 1.82) is 0 Å². The fourth-order valence-electron chi connectivity index (χ4n) is 2.65. The molecule has 26 heavy (non-hydrogen) atoms. The lowest BCUT2D eigenvalue weighted by Crippen LogP contribution is -2.47. The monoisotopic (exact) mass is 397 g/mol. The zero-order valence-electron chi connectivity index (χ0n) is 14.1. The number of amides is 2. The smallest absolute Gasteiger partial charge is 0.243 e. The normalized spacial score (nSPS) is 17.9. The summed E-state index contributed by atoms with van der Waals surface area (Å²) in [4.78, 5) is 23.9. The van der Waals surface area contributed by atoms with E-state index in [1.54, 1.807) is 0 Å². The summed E-state index contributed by atoms with van der Waals surface area (Å²) in [5.74, 6) is 1.02. The van der Waals surface area contributed by atoms with E-state index in [0.717, 1.165) is 0 Å². The number of hydrogen-bond donors (Lipinski definition) is 2. The molecule has 1 aromatic rings. The molecule has 2 amide bonds. The molecule has 1 heterocycles. The average Bonchev–Trinajstić information content (AvgIpc) is 2.64. The standard InChI is InChI=1S/C17H20ClN3O4S/c1-2-9-19-16(22)11-20-17(23)13-4-3-10-21(12-13)26(24,25)15-7-5-14(18)6-8-15/h1,5-8,13H,3-4,9-12H2,(H,19,22)(H,20,23). The highest BCUT2D eigenvalue weighted by molar-refractivity contribution is 7.89. The molecular formula is C17H20ClN3O4S. The van der Waals surface area contributed by atoms with Gasteiger partial charge in [0.25, 0.3) is 0 Å². The van der Waals surface area contributed by atoms with Gasteiger partial charge in [-0.15, -0.1) is 6.42 Å². The van der Waals surface area contributed by atoms with Crippen LogP contribution in [0.25, 0.3) is 0 Å². The molecule has 7 nitrogen and oxygen atoms in total. The van der Waals surface area contributed by atoms with Crippen molar-refractivity contribution in [2.45, 2.75) is 17.7 Å². The third-order valence-corrected chi connectivity index (χ3v) is 6.15. The second kappa shape index (κ2) is 9.03. The summed E-state index contributed by atoms with van der Waals surface area (Å²) in [5.41, 5.74) is 0. The molecule has 1 fully saturated rings. The molecule has 0 bridgehead atoms. The molecule has 0 saturated carbocycles. The first-order chi connectivity index (χ1) is 12.3. The number of hydrogen-bond acceptors (Lipinski definition) is 4. The maximum atomic E-state index is 12.7. The van der Waals surface area contributed by atoms with Crippen LogP contribution in [-0.2, 0) is 19.6 Å². The molecule has 0 spiro atoms. The van der Waals surface area contributed by atoms with Crippen molar-refractivity contribution in [2.24, 2.45) is 5.92 Å². The van der Waals surface area contributed by atoms with E-state index in [0.29, 0.717) is 24.4 Å². The van der Waals surface area contributed by atoms with Gasteiger partial charge in [-0.3, -0.25) is 9.59 Å². The molecular weight excluding hydrogens is 378 g/mol. The first kappa shape index (κ1) is 20.2. The molecule has 1 aliphatic rings. The fourth-order valence-corrected chi connectivity index (χ4v) is 4.30. The van der Waals surface area contributed by atoms with E-state index in [4.69, 9.17) is 18.0 Å². The Morgan fingerprint density at radius 3 is 2.62 bits per heavy atom. The van der Waals surface area contributed by atoms with Crippen LogP contribution >= 0.6 is 11.6 Å². The number of piperidine rings is 1. The Morgan fingerprint density at radius 2 is 1.96 bits per heavy atom. The molecule has 1 unspecified atom stereocenters. The van der Waals surface area contributed by atoms with Gasteiger partial charge in [-0.2, -0.15) is 4.31 Å². The third-order valence-electron chi connectivity index (χ3n) is 4.02. The van der Waals surface area contributed by atoms with Gasteiger partial charge in [0, 0.05) is 18.1 Å². The predicted molar refractivity (Wildman–Crippen MR) is 97.8 cm³/mol. The molecule has 1 atom stereocenters. The van der Waals surface area contributed by atoms with Crippen molar-refractivity contribution in [3.05, 3.63) is 29.3 Å². The number of carbonyl (C=O) groups is 2. The molecule has 0 aliphatic carbocycles. The highest BCUT2D eigenvalue weighted by Crippen LogP contribution is 2.24. The topological polar surface area (TPSA) is 95.6 Å². The van der Waals surface area contributed by atoms with Crippen LogP contribution in [0.2, 0.25) is 5.02 Å². The van der Waals surface area contributed by atoms with Crippen LogP contribution in [0.5, 0.6) is 0 Å². The Kier molecular flexibility index (Phi) is 7.03. The number of nitrogens with zero attached hydrogens (tertiary/aromatic N) is 1. The largest absolute Gasteiger partial charge is 0.347 e. The van der Waals surface area contributed by atoms with Gasteiger partial charge in [0.05, 0.1) is 23.9 Å². The lowest BCUT2D eigenvalue weighted by Gasteiger charge is -2.31. The van der Waals surface area contributed by atoms with Crippen LogP contribution in [-0.4, -0.2) is 50.7 Å². The van der Waals surface area contributed by atoms with Gasteiger partial charge in [-0.05, 0) is 37.1 Å². The summed E-state index contributed by atoms with van der Waals surface area (Å²) in [6, 6.07) is 5.91. The first-order valence-electron chi connectivity index (χ1n) is 8.08. The van der Waals surface area contributed by atoms with Crippen molar-refractivity contribution < 1.29 is 18.0 Å². The summed E-state index contributed by atoms with van der Waals surface area (Å²) in [5, 5.41) is 5.41. The van der Waals surface area contributed by atoms with Gasteiger partial charge >= 0.3 is 0 Å². The maximum Gasteiger partial charge on any atom is 0.243 e. The van der Waals surface area contributed by atoms with E-state index in [9.17, 15) is 18.0 Å². The SMILES string of the molecule is C#CCNC(=O)CNC(=O)C1CCCN(S(=O)(=O)c2ccc(Cl)cc2)C1. The highest BCUT2D eigenvalue weighted by Gasteiger charge is 2.33. The average molecular weight is 398 g/mol. The number of sulfonamides is 1. The summed E-state index contributed by atoms with van der Waals surface area (Å²) in [6.45, 7) is 0.312. The molecule has 1 aromatic carbocycles. The van der Waals surface area contributed by atoms with E-state index < -0.39 is 21.8 Å². The molecule has 1 aliphatic heterocycles. The second-order valence-electron chi connectivity index (χ2n) is 5.85. The fraction of sp³-hybridized carbons (Fsp3) is 0.412. The van der Waals surface area contributed by atoms with Crippen LogP contribution in [0.15, 0.2) is 29.2 Å². The molecule has 0 radical (unpaired) electrons. The Bertz CT molecular complexity index is 802. The number of benzene rings is 1. The van der Waals surface area contributed by atoms with Crippen LogP contribution in [0.1, 0.15) is 12.8 Å². The number of rotatable bonds is 6. The Labute approximate surface area is 158 Å². The molecule has 2 N–H and O–H groups in total. The third kappa shape index (κ3) is 5.21. The Hall–Kier alpha value is -2.08. The van der Waals surface area contributed by atoms with E-state index in [1.807, 2.05) is 0 Å². The molecule has 2 rings (SSSR count). The highest BCUT2D eigenvalue weighted by atomic mass is 35.5. The van der Waals surface area contributed by atoms with Crippen LogP contribution in [0, 0.1) is 18.3 Å². The Morgan fingerprint density at radius 1 is 1.27 bits per heavy atom. The zero-order chi connectivity index (χ0) is 19.2. The second-order valence-corrected chi connectivity index (χ2v) is 8.23. The van der Waals surface area contributed by atoms with Crippen LogP contribution < -0.4 is 10.6 Å². The lowest BCUT2D eigenvalue weighted by atomic mass is 9.99.